The van der Waals surface area contributed by atoms with Crippen LogP contribution in [0.4, 0.5) is 18.9 Å². The normalized spacial score (nSPS) is 17.5. The summed E-state index contributed by atoms with van der Waals surface area (Å²) in [4.78, 5) is 13.0. The lowest BCUT2D eigenvalue weighted by Gasteiger charge is -2.36. The summed E-state index contributed by atoms with van der Waals surface area (Å²) < 4.78 is 37.4. The Labute approximate surface area is 108 Å². The number of anilines is 1. The van der Waals surface area contributed by atoms with E-state index in [2.05, 4.69) is 0 Å². The number of aromatic carboxylic acids is 1. The Balaban J connectivity index is 2.00. The average molecular weight is 274 g/mol. The van der Waals surface area contributed by atoms with E-state index in [0.717, 1.165) is 5.69 Å². The quantitative estimate of drug-likeness (QED) is 0.838. The molecule has 0 atom stereocenters. The summed E-state index contributed by atoms with van der Waals surface area (Å²) >= 11 is 0. The predicted molar refractivity (Wildman–Crippen MR) is 63.2 cm³/mol. The molecule has 1 aromatic carbocycles. The molecule has 2 rings (SSSR count). The molecule has 1 fully saturated rings. The van der Waals surface area contributed by atoms with Crippen molar-refractivity contribution in [2.45, 2.75) is 6.30 Å². The zero-order chi connectivity index (χ0) is 14.0. The number of carboxylic acid groups (broad SMARTS) is 1. The molecule has 1 aromatic rings. The molecule has 1 aliphatic rings. The second-order valence-electron chi connectivity index (χ2n) is 4.29. The number of hydrogen-bond acceptors (Lipinski definition) is 3. The van der Waals surface area contributed by atoms with Crippen molar-refractivity contribution in [3.8, 4) is 0 Å². The SMILES string of the molecule is O=C(O)c1ccc(N2CCN(C(F)(F)F)CC2)cc1. The Morgan fingerprint density at radius 2 is 1.58 bits per heavy atom. The Morgan fingerprint density at radius 1 is 1.05 bits per heavy atom. The predicted octanol–water partition coefficient (Wildman–Crippen LogP) is 2.03. The highest BCUT2D eigenvalue weighted by molar-refractivity contribution is 5.88. The third-order valence-corrected chi connectivity index (χ3v) is 3.12. The molecule has 0 spiro atoms. The summed E-state index contributed by atoms with van der Waals surface area (Å²) in [5, 5.41) is 8.77. The molecule has 0 bridgehead atoms. The lowest BCUT2D eigenvalue weighted by Crippen LogP contribution is -2.51. The molecule has 0 aliphatic carbocycles. The standard InChI is InChI=1S/C12H13F3N2O2/c13-12(14,15)17-7-5-16(6-8-17)10-3-1-9(2-4-10)11(18)19/h1-4H,5-8H2,(H,18,19). The number of benzene rings is 1. The van der Waals surface area contributed by atoms with Gasteiger partial charge in [0.15, 0.2) is 0 Å². The van der Waals surface area contributed by atoms with Crippen LogP contribution >= 0.6 is 0 Å². The summed E-state index contributed by atoms with van der Waals surface area (Å²) in [6, 6.07) is 6.14. The van der Waals surface area contributed by atoms with Gasteiger partial charge in [-0.1, -0.05) is 0 Å². The summed E-state index contributed by atoms with van der Waals surface area (Å²) in [7, 11) is 0. The van der Waals surface area contributed by atoms with Gasteiger partial charge in [0.25, 0.3) is 0 Å². The minimum absolute atomic E-state index is 0.0792. The highest BCUT2D eigenvalue weighted by Crippen LogP contribution is 2.24. The van der Waals surface area contributed by atoms with E-state index in [1.807, 2.05) is 4.90 Å². The molecule has 104 valence electrons. The van der Waals surface area contributed by atoms with Gasteiger partial charge in [-0.15, -0.1) is 0 Å². The first-order valence-corrected chi connectivity index (χ1v) is 5.78. The summed E-state index contributed by atoms with van der Waals surface area (Å²) in [6.07, 6.45) is -4.28. The van der Waals surface area contributed by atoms with Crippen molar-refractivity contribution >= 4 is 11.7 Å². The monoisotopic (exact) mass is 274 g/mol. The molecule has 1 aliphatic heterocycles. The topological polar surface area (TPSA) is 43.8 Å². The number of piperazine rings is 1. The molecular formula is C12H13F3N2O2. The first kappa shape index (κ1) is 13.7. The third-order valence-electron chi connectivity index (χ3n) is 3.12. The Bertz CT molecular complexity index is 451. The van der Waals surface area contributed by atoms with Crippen LogP contribution in [0.15, 0.2) is 24.3 Å². The Kier molecular flexibility index (Phi) is 3.66. The van der Waals surface area contributed by atoms with Crippen LogP contribution in [0.25, 0.3) is 0 Å². The van der Waals surface area contributed by atoms with Crippen LogP contribution in [0.3, 0.4) is 0 Å². The van der Waals surface area contributed by atoms with Crippen molar-refractivity contribution in [1.82, 2.24) is 4.90 Å². The van der Waals surface area contributed by atoms with E-state index in [1.165, 1.54) is 12.1 Å². The molecule has 0 aromatic heterocycles. The number of halogens is 3. The van der Waals surface area contributed by atoms with Crippen molar-refractivity contribution < 1.29 is 23.1 Å². The van der Waals surface area contributed by atoms with Crippen LogP contribution in [0, 0.1) is 0 Å². The van der Waals surface area contributed by atoms with E-state index in [9.17, 15) is 18.0 Å². The van der Waals surface area contributed by atoms with Gasteiger partial charge in [-0.25, -0.2) is 9.69 Å². The molecule has 0 amide bonds. The largest absolute Gasteiger partial charge is 0.478 e. The highest BCUT2D eigenvalue weighted by Gasteiger charge is 2.38. The number of carbonyl (C=O) groups is 1. The molecule has 19 heavy (non-hydrogen) atoms. The van der Waals surface area contributed by atoms with Gasteiger partial charge in [0.1, 0.15) is 0 Å². The Hall–Kier alpha value is -1.76. The van der Waals surface area contributed by atoms with Crippen molar-refractivity contribution in [2.75, 3.05) is 31.1 Å². The summed E-state index contributed by atoms with van der Waals surface area (Å²) in [5.74, 6) is -1.02. The maximum Gasteiger partial charge on any atom is 0.460 e. The van der Waals surface area contributed by atoms with Crippen molar-refractivity contribution in [1.29, 1.82) is 0 Å². The van der Waals surface area contributed by atoms with Gasteiger partial charge in [-0.2, -0.15) is 13.2 Å². The van der Waals surface area contributed by atoms with Gasteiger partial charge < -0.3 is 10.0 Å². The fourth-order valence-corrected chi connectivity index (χ4v) is 2.03. The second kappa shape index (κ2) is 5.08. The average Bonchev–Trinajstić information content (AvgIpc) is 2.38. The van der Waals surface area contributed by atoms with Gasteiger partial charge in [-0.3, -0.25) is 0 Å². The third kappa shape index (κ3) is 3.17. The zero-order valence-electron chi connectivity index (χ0n) is 10.0. The molecule has 7 heteroatoms. The van der Waals surface area contributed by atoms with Gasteiger partial charge >= 0.3 is 12.3 Å². The molecule has 0 unspecified atom stereocenters. The molecule has 4 nitrogen and oxygen atoms in total. The molecule has 1 heterocycles. The fraction of sp³-hybridized carbons (Fsp3) is 0.417. The van der Waals surface area contributed by atoms with Crippen LogP contribution in [-0.2, 0) is 0 Å². The zero-order valence-corrected chi connectivity index (χ0v) is 10.0. The summed E-state index contributed by atoms with van der Waals surface area (Å²) in [6.45, 7) is 0.381. The minimum Gasteiger partial charge on any atom is -0.478 e. The molecule has 0 radical (unpaired) electrons. The minimum atomic E-state index is -4.28. The number of alkyl halides is 3. The van der Waals surface area contributed by atoms with Crippen LogP contribution in [0.5, 0.6) is 0 Å². The maximum atomic E-state index is 12.5. The number of rotatable bonds is 2. The second-order valence-corrected chi connectivity index (χ2v) is 4.29. The number of carboxylic acids is 1. The van der Waals surface area contributed by atoms with Crippen LogP contribution < -0.4 is 4.90 Å². The summed E-state index contributed by atoms with van der Waals surface area (Å²) in [5.41, 5.74) is 0.907. The number of nitrogens with zero attached hydrogens (tertiary/aromatic N) is 2. The van der Waals surface area contributed by atoms with Gasteiger partial charge in [0.05, 0.1) is 5.56 Å². The van der Waals surface area contributed by atoms with Crippen molar-refractivity contribution in [3.05, 3.63) is 29.8 Å². The molecular weight excluding hydrogens is 261 g/mol. The molecule has 0 saturated carbocycles. The first-order chi connectivity index (χ1) is 8.88. The van der Waals surface area contributed by atoms with E-state index in [4.69, 9.17) is 5.11 Å². The van der Waals surface area contributed by atoms with E-state index in [0.29, 0.717) is 4.90 Å². The fourth-order valence-electron chi connectivity index (χ4n) is 2.03. The van der Waals surface area contributed by atoms with E-state index in [1.54, 1.807) is 12.1 Å². The van der Waals surface area contributed by atoms with Crippen LogP contribution in [0.1, 0.15) is 10.4 Å². The van der Waals surface area contributed by atoms with Gasteiger partial charge in [-0.05, 0) is 24.3 Å². The first-order valence-electron chi connectivity index (χ1n) is 5.78. The lowest BCUT2D eigenvalue weighted by molar-refractivity contribution is -0.246. The molecule has 1 N–H and O–H groups in total. The molecule has 1 saturated heterocycles. The van der Waals surface area contributed by atoms with Gasteiger partial charge in [0.2, 0.25) is 0 Å². The van der Waals surface area contributed by atoms with E-state index in [-0.39, 0.29) is 31.7 Å². The smallest absolute Gasteiger partial charge is 0.460 e. The Morgan fingerprint density at radius 3 is 2.00 bits per heavy atom. The van der Waals surface area contributed by atoms with Crippen molar-refractivity contribution in [3.63, 3.8) is 0 Å². The highest BCUT2D eigenvalue weighted by atomic mass is 19.4. The van der Waals surface area contributed by atoms with Gasteiger partial charge in [0, 0.05) is 31.9 Å². The van der Waals surface area contributed by atoms with Crippen LogP contribution in [0.2, 0.25) is 0 Å². The lowest BCUT2D eigenvalue weighted by atomic mass is 10.2. The maximum absolute atomic E-state index is 12.5. The van der Waals surface area contributed by atoms with E-state index < -0.39 is 12.3 Å². The van der Waals surface area contributed by atoms with E-state index >= 15 is 0 Å². The number of hydrogen-bond donors (Lipinski definition) is 1. The van der Waals surface area contributed by atoms with Crippen LogP contribution in [-0.4, -0.2) is 48.5 Å². The van der Waals surface area contributed by atoms with Crippen molar-refractivity contribution in [2.24, 2.45) is 0 Å².